The lowest BCUT2D eigenvalue weighted by Crippen LogP contribution is -2.23. The number of carbonyl (C=O) groups excluding carboxylic acids is 1. The molecule has 3 rings (SSSR count). The van der Waals surface area contributed by atoms with Gasteiger partial charge in [-0.3, -0.25) is 4.79 Å². The molecular weight excluding hydrogens is 288 g/mol. The molecule has 5 heteroatoms. The van der Waals surface area contributed by atoms with E-state index in [1.54, 1.807) is 13.0 Å². The third-order valence-corrected chi connectivity index (χ3v) is 3.64. The van der Waals surface area contributed by atoms with Crippen molar-refractivity contribution in [3.05, 3.63) is 52.5 Å². The molecular formula is C16H19ClN2O2. The maximum absolute atomic E-state index is 12.2. The van der Waals surface area contributed by atoms with Crippen molar-refractivity contribution < 1.29 is 9.21 Å². The molecule has 4 nitrogen and oxygen atoms in total. The lowest BCUT2D eigenvalue weighted by molar-refractivity contribution is 0.102. The molecule has 0 bridgehead atoms. The first kappa shape index (κ1) is 15.6. The number of hydrogen-bond acceptors (Lipinski definition) is 3. The van der Waals surface area contributed by atoms with Gasteiger partial charge in [0.1, 0.15) is 11.5 Å². The second kappa shape index (κ2) is 6.33. The zero-order valence-corrected chi connectivity index (χ0v) is 13.0. The average Bonchev–Trinajstić information content (AvgIpc) is 2.78. The van der Waals surface area contributed by atoms with Crippen LogP contribution in [0, 0.1) is 13.8 Å². The smallest absolute Gasteiger partial charge is 0.259 e. The van der Waals surface area contributed by atoms with Gasteiger partial charge >= 0.3 is 0 Å². The number of aryl methyl sites for hydroxylation is 2. The molecule has 0 aliphatic carbocycles. The number of halogens is 1. The number of rotatable bonds is 2. The fourth-order valence-electron chi connectivity index (χ4n) is 2.61. The van der Waals surface area contributed by atoms with Gasteiger partial charge in [-0.1, -0.05) is 6.07 Å². The zero-order chi connectivity index (χ0) is 14.1. The van der Waals surface area contributed by atoms with Crippen molar-refractivity contribution in [1.29, 1.82) is 0 Å². The Kier molecular flexibility index (Phi) is 4.70. The van der Waals surface area contributed by atoms with Crippen LogP contribution in [0.4, 0.5) is 5.69 Å². The highest BCUT2D eigenvalue weighted by Crippen LogP contribution is 2.21. The molecule has 1 aliphatic heterocycles. The number of hydrogen-bond donors (Lipinski definition) is 2. The lowest BCUT2D eigenvalue weighted by Gasteiger charge is -2.18. The first-order valence-corrected chi connectivity index (χ1v) is 6.84. The molecule has 0 radical (unpaired) electrons. The fourth-order valence-corrected chi connectivity index (χ4v) is 2.61. The molecule has 0 spiro atoms. The first-order chi connectivity index (χ1) is 9.63. The maximum atomic E-state index is 12.2. The minimum Gasteiger partial charge on any atom is -0.466 e. The van der Waals surface area contributed by atoms with E-state index in [0.717, 1.165) is 31.0 Å². The van der Waals surface area contributed by atoms with Gasteiger partial charge in [-0.05, 0) is 56.1 Å². The molecule has 1 aliphatic rings. The van der Waals surface area contributed by atoms with E-state index < -0.39 is 0 Å². The Morgan fingerprint density at radius 3 is 2.76 bits per heavy atom. The van der Waals surface area contributed by atoms with E-state index in [2.05, 4.69) is 16.7 Å². The maximum Gasteiger partial charge on any atom is 0.259 e. The molecule has 0 fully saturated rings. The largest absolute Gasteiger partial charge is 0.466 e. The molecule has 2 aromatic rings. The van der Waals surface area contributed by atoms with Gasteiger partial charge in [0.25, 0.3) is 5.91 Å². The van der Waals surface area contributed by atoms with Gasteiger partial charge in [0.15, 0.2) is 0 Å². The van der Waals surface area contributed by atoms with Crippen LogP contribution < -0.4 is 10.6 Å². The SMILES string of the molecule is Cc1cc(C(=O)Nc2ccc3c(c2)CNCC3)c(C)o1.Cl. The summed E-state index contributed by atoms with van der Waals surface area (Å²) in [5.74, 6) is 1.28. The van der Waals surface area contributed by atoms with Crippen LogP contribution in [0.2, 0.25) is 0 Å². The molecule has 2 heterocycles. The van der Waals surface area contributed by atoms with E-state index in [9.17, 15) is 4.79 Å². The van der Waals surface area contributed by atoms with E-state index in [4.69, 9.17) is 4.42 Å². The van der Waals surface area contributed by atoms with Crippen LogP contribution in [0.15, 0.2) is 28.7 Å². The van der Waals surface area contributed by atoms with Crippen molar-refractivity contribution in [3.63, 3.8) is 0 Å². The van der Waals surface area contributed by atoms with Crippen LogP contribution in [0.1, 0.15) is 33.0 Å². The first-order valence-electron chi connectivity index (χ1n) is 6.84. The third-order valence-electron chi connectivity index (χ3n) is 3.64. The van der Waals surface area contributed by atoms with Crippen LogP contribution >= 0.6 is 12.4 Å². The van der Waals surface area contributed by atoms with E-state index in [-0.39, 0.29) is 18.3 Å². The summed E-state index contributed by atoms with van der Waals surface area (Å²) in [6, 6.07) is 7.87. The van der Waals surface area contributed by atoms with E-state index >= 15 is 0 Å². The van der Waals surface area contributed by atoms with Crippen molar-refractivity contribution in [2.75, 3.05) is 11.9 Å². The van der Waals surface area contributed by atoms with Crippen molar-refractivity contribution >= 4 is 24.0 Å². The van der Waals surface area contributed by atoms with Gasteiger partial charge in [0.05, 0.1) is 5.56 Å². The summed E-state index contributed by atoms with van der Waals surface area (Å²) in [4.78, 5) is 12.2. The van der Waals surface area contributed by atoms with Gasteiger partial charge in [0.2, 0.25) is 0 Å². The fraction of sp³-hybridized carbons (Fsp3) is 0.312. The zero-order valence-electron chi connectivity index (χ0n) is 12.2. The Labute approximate surface area is 130 Å². The Bertz CT molecular complexity index is 664. The van der Waals surface area contributed by atoms with E-state index in [1.807, 2.05) is 19.1 Å². The number of anilines is 1. The van der Waals surface area contributed by atoms with Crippen molar-refractivity contribution in [2.45, 2.75) is 26.8 Å². The standard InChI is InChI=1S/C16H18N2O2.ClH/c1-10-7-15(11(2)20-10)16(19)18-14-4-3-12-5-6-17-9-13(12)8-14;/h3-4,7-8,17H,5-6,9H2,1-2H3,(H,18,19);1H. The second-order valence-electron chi connectivity index (χ2n) is 5.19. The highest BCUT2D eigenvalue weighted by Gasteiger charge is 2.15. The molecule has 0 saturated heterocycles. The molecule has 1 aromatic heterocycles. The van der Waals surface area contributed by atoms with Gasteiger partial charge in [-0.25, -0.2) is 0 Å². The van der Waals surface area contributed by atoms with Gasteiger partial charge in [0, 0.05) is 12.2 Å². The highest BCUT2D eigenvalue weighted by molar-refractivity contribution is 6.05. The van der Waals surface area contributed by atoms with Crippen LogP contribution in [-0.2, 0) is 13.0 Å². The predicted octanol–water partition coefficient (Wildman–Crippen LogP) is 3.22. The molecule has 0 atom stereocenters. The molecule has 0 unspecified atom stereocenters. The minimum absolute atomic E-state index is 0. The normalized spacial score (nSPS) is 13.2. The highest BCUT2D eigenvalue weighted by atomic mass is 35.5. The van der Waals surface area contributed by atoms with E-state index in [0.29, 0.717) is 11.3 Å². The molecule has 0 saturated carbocycles. The summed E-state index contributed by atoms with van der Waals surface area (Å²) in [7, 11) is 0. The summed E-state index contributed by atoms with van der Waals surface area (Å²) in [6.45, 7) is 5.53. The molecule has 112 valence electrons. The van der Waals surface area contributed by atoms with Gasteiger partial charge in [-0.2, -0.15) is 0 Å². The quantitative estimate of drug-likeness (QED) is 0.895. The molecule has 2 N–H and O–H groups in total. The summed E-state index contributed by atoms with van der Waals surface area (Å²) < 4.78 is 5.39. The Morgan fingerprint density at radius 2 is 2.05 bits per heavy atom. The van der Waals surface area contributed by atoms with Crippen LogP contribution in [0.25, 0.3) is 0 Å². The Hall–Kier alpha value is -1.78. The number of benzene rings is 1. The van der Waals surface area contributed by atoms with Crippen LogP contribution in [-0.4, -0.2) is 12.5 Å². The summed E-state index contributed by atoms with van der Waals surface area (Å²) in [5, 5.41) is 6.27. The third kappa shape index (κ3) is 3.28. The van der Waals surface area contributed by atoms with Crippen molar-refractivity contribution in [2.24, 2.45) is 0 Å². The summed E-state index contributed by atoms with van der Waals surface area (Å²) in [6.07, 6.45) is 1.05. The Balaban J connectivity index is 0.00000161. The summed E-state index contributed by atoms with van der Waals surface area (Å²) >= 11 is 0. The molecule has 1 amide bonds. The topological polar surface area (TPSA) is 54.3 Å². The average molecular weight is 307 g/mol. The Morgan fingerprint density at radius 1 is 1.24 bits per heavy atom. The second-order valence-corrected chi connectivity index (χ2v) is 5.19. The number of amides is 1. The van der Waals surface area contributed by atoms with Crippen molar-refractivity contribution in [1.82, 2.24) is 5.32 Å². The molecule has 1 aromatic carbocycles. The van der Waals surface area contributed by atoms with Gasteiger partial charge < -0.3 is 15.1 Å². The molecule has 21 heavy (non-hydrogen) atoms. The number of nitrogens with one attached hydrogen (secondary N) is 2. The number of furan rings is 1. The van der Waals surface area contributed by atoms with E-state index in [1.165, 1.54) is 11.1 Å². The van der Waals surface area contributed by atoms with Crippen molar-refractivity contribution in [3.8, 4) is 0 Å². The lowest BCUT2D eigenvalue weighted by atomic mass is 10.0. The monoisotopic (exact) mass is 306 g/mol. The van der Waals surface area contributed by atoms with Crippen LogP contribution in [0.3, 0.4) is 0 Å². The number of fused-ring (bicyclic) bond motifs is 1. The predicted molar refractivity (Wildman–Crippen MR) is 85.2 cm³/mol. The summed E-state index contributed by atoms with van der Waals surface area (Å²) in [5.41, 5.74) is 4.04. The van der Waals surface area contributed by atoms with Crippen LogP contribution in [0.5, 0.6) is 0 Å². The number of carbonyl (C=O) groups is 1. The van der Waals surface area contributed by atoms with Gasteiger partial charge in [-0.15, -0.1) is 12.4 Å². The minimum atomic E-state index is -0.122.